The number of aromatic nitrogens is 1. The van der Waals surface area contributed by atoms with Crippen molar-refractivity contribution in [2.75, 3.05) is 25.1 Å². The van der Waals surface area contributed by atoms with E-state index in [4.69, 9.17) is 21.1 Å². The van der Waals surface area contributed by atoms with Gasteiger partial charge in [0, 0.05) is 20.2 Å². The molecule has 0 aliphatic carbocycles. The predicted octanol–water partition coefficient (Wildman–Crippen LogP) is 1.45. The second-order valence-electron chi connectivity index (χ2n) is 4.47. The van der Waals surface area contributed by atoms with Crippen LogP contribution in [0.1, 0.15) is 6.92 Å². The quantitative estimate of drug-likeness (QED) is 0.599. The molecule has 1 aliphatic heterocycles. The maximum absolute atomic E-state index is 10.3. The fourth-order valence-electron chi connectivity index (χ4n) is 1.84. The average Bonchev–Trinajstić information content (AvgIpc) is 2.36. The molecule has 1 aromatic rings. The van der Waals surface area contributed by atoms with Gasteiger partial charge in [-0.3, -0.25) is 4.79 Å². The number of anilines is 1. The summed E-state index contributed by atoms with van der Waals surface area (Å²) in [5.41, 5.74) is -1.06. The molecule has 1 aromatic heterocycles. The number of rotatable bonds is 5. The third-order valence-corrected chi connectivity index (χ3v) is 3.14. The van der Waals surface area contributed by atoms with Crippen LogP contribution in [0.25, 0.3) is 0 Å². The summed E-state index contributed by atoms with van der Waals surface area (Å²) in [5, 5.41) is 0. The molecule has 1 unspecified atom stereocenters. The van der Waals surface area contributed by atoms with Crippen LogP contribution in [0, 0.1) is 0 Å². The predicted molar refractivity (Wildman–Crippen MR) is 68.2 cm³/mol. The number of nitrogens with zero attached hydrogens (tertiary/aromatic N) is 2. The van der Waals surface area contributed by atoms with Crippen LogP contribution in [0.5, 0.6) is 5.75 Å². The number of ether oxygens (including phenoxy) is 2. The lowest BCUT2D eigenvalue weighted by atomic mass is 9.96. The molecular weight excluding hydrogens is 256 g/mol. The Kier molecular flexibility index (Phi) is 3.73. The zero-order valence-electron chi connectivity index (χ0n) is 10.3. The Labute approximate surface area is 111 Å². The first kappa shape index (κ1) is 13.1. The van der Waals surface area contributed by atoms with E-state index in [9.17, 15) is 4.79 Å². The van der Waals surface area contributed by atoms with Crippen molar-refractivity contribution in [2.45, 2.75) is 18.1 Å². The summed E-state index contributed by atoms with van der Waals surface area (Å²) < 4.78 is 10.5. The molecule has 2 rings (SSSR count). The second kappa shape index (κ2) is 5.12. The number of aldehydes is 1. The third-order valence-electron chi connectivity index (χ3n) is 2.94. The van der Waals surface area contributed by atoms with Crippen molar-refractivity contribution in [1.82, 2.24) is 4.98 Å². The lowest BCUT2D eigenvalue weighted by Crippen LogP contribution is -2.61. The molecule has 0 aromatic carbocycles. The van der Waals surface area contributed by atoms with Crippen molar-refractivity contribution in [3.63, 3.8) is 0 Å². The van der Waals surface area contributed by atoms with Crippen LogP contribution in [0.4, 0.5) is 5.82 Å². The Morgan fingerprint density at radius 2 is 2.28 bits per heavy atom. The van der Waals surface area contributed by atoms with Gasteiger partial charge in [-0.2, -0.15) is 0 Å². The van der Waals surface area contributed by atoms with Crippen molar-refractivity contribution in [3.8, 4) is 5.75 Å². The summed E-state index contributed by atoms with van der Waals surface area (Å²) in [6, 6.07) is 3.57. The molecule has 0 radical (unpaired) electrons. The molecule has 1 saturated heterocycles. The summed E-state index contributed by atoms with van der Waals surface area (Å²) in [6.07, 6.45) is 2.07. The third kappa shape index (κ3) is 2.73. The molecule has 18 heavy (non-hydrogen) atoms. The maximum Gasteiger partial charge on any atom is 0.227 e. The van der Waals surface area contributed by atoms with Crippen LogP contribution < -0.4 is 9.64 Å². The van der Waals surface area contributed by atoms with Gasteiger partial charge < -0.3 is 14.4 Å². The van der Waals surface area contributed by atoms with E-state index in [0.29, 0.717) is 12.0 Å². The van der Waals surface area contributed by atoms with E-state index in [1.807, 2.05) is 6.07 Å². The topological polar surface area (TPSA) is 51.7 Å². The number of methoxy groups -OCH3 is 1. The molecule has 0 spiro atoms. The zero-order valence-corrected chi connectivity index (χ0v) is 11.1. The van der Waals surface area contributed by atoms with Gasteiger partial charge in [0.1, 0.15) is 11.6 Å². The van der Waals surface area contributed by atoms with Gasteiger partial charge in [0.25, 0.3) is 0 Å². The SMILES string of the molecule is COC1(C)CN(c2ccc(OC(Cl)C=O)cn2)C1. The van der Waals surface area contributed by atoms with Crippen molar-refractivity contribution in [3.05, 3.63) is 18.3 Å². The van der Waals surface area contributed by atoms with Crippen LogP contribution in [0.3, 0.4) is 0 Å². The number of carbonyl (C=O) groups is 1. The Morgan fingerprint density at radius 3 is 2.78 bits per heavy atom. The molecule has 2 heterocycles. The van der Waals surface area contributed by atoms with E-state index < -0.39 is 5.56 Å². The molecule has 1 fully saturated rings. The highest BCUT2D eigenvalue weighted by molar-refractivity contribution is 6.26. The Bertz CT molecular complexity index is 418. The summed E-state index contributed by atoms with van der Waals surface area (Å²) in [4.78, 5) is 16.7. The fraction of sp³-hybridized carbons (Fsp3) is 0.500. The number of pyridine rings is 1. The van der Waals surface area contributed by atoms with Crippen molar-refractivity contribution < 1.29 is 14.3 Å². The average molecular weight is 271 g/mol. The number of halogens is 1. The molecule has 0 amide bonds. The zero-order chi connectivity index (χ0) is 13.2. The standard InChI is InChI=1S/C12H15ClN2O3/c1-12(17-2)7-15(8-12)11-4-3-9(5-14-11)18-10(13)6-16/h3-6,10H,7-8H2,1-2H3. The molecular formula is C12H15ClN2O3. The summed E-state index contributed by atoms with van der Waals surface area (Å²) >= 11 is 5.55. The number of alkyl halides is 1. The number of hydrogen-bond donors (Lipinski definition) is 0. The molecule has 1 atom stereocenters. The van der Waals surface area contributed by atoms with Crippen LogP contribution >= 0.6 is 11.6 Å². The van der Waals surface area contributed by atoms with Gasteiger partial charge in [-0.1, -0.05) is 11.6 Å². The lowest BCUT2D eigenvalue weighted by molar-refractivity contribution is -0.110. The Morgan fingerprint density at radius 1 is 1.56 bits per heavy atom. The first-order chi connectivity index (χ1) is 8.56. The second-order valence-corrected chi connectivity index (χ2v) is 4.90. The van der Waals surface area contributed by atoms with Gasteiger partial charge in [-0.05, 0) is 19.1 Å². The highest BCUT2D eigenvalue weighted by Crippen LogP contribution is 2.29. The highest BCUT2D eigenvalue weighted by Gasteiger charge is 2.39. The first-order valence-corrected chi connectivity index (χ1v) is 6.02. The van der Waals surface area contributed by atoms with Crippen LogP contribution in [0.15, 0.2) is 18.3 Å². The first-order valence-electron chi connectivity index (χ1n) is 5.58. The van der Waals surface area contributed by atoms with Crippen LogP contribution in [0.2, 0.25) is 0 Å². The Hall–Kier alpha value is -1.33. The molecule has 1 aliphatic rings. The molecule has 5 nitrogen and oxygen atoms in total. The largest absolute Gasteiger partial charge is 0.466 e. The van der Waals surface area contributed by atoms with E-state index in [1.54, 1.807) is 19.4 Å². The van der Waals surface area contributed by atoms with Crippen LogP contribution in [-0.4, -0.2) is 42.6 Å². The van der Waals surface area contributed by atoms with Gasteiger partial charge in [-0.15, -0.1) is 0 Å². The van der Waals surface area contributed by atoms with Gasteiger partial charge in [0.2, 0.25) is 5.56 Å². The molecule has 0 saturated carbocycles. The highest BCUT2D eigenvalue weighted by atomic mass is 35.5. The molecule has 0 bridgehead atoms. The maximum atomic E-state index is 10.3. The lowest BCUT2D eigenvalue weighted by Gasteiger charge is -2.47. The fourth-order valence-corrected chi connectivity index (χ4v) is 1.94. The van der Waals surface area contributed by atoms with E-state index in [2.05, 4.69) is 16.8 Å². The van der Waals surface area contributed by atoms with Crippen molar-refractivity contribution in [2.24, 2.45) is 0 Å². The van der Waals surface area contributed by atoms with E-state index in [1.165, 1.54) is 0 Å². The van der Waals surface area contributed by atoms with Crippen LogP contribution in [-0.2, 0) is 9.53 Å². The smallest absolute Gasteiger partial charge is 0.227 e. The van der Waals surface area contributed by atoms with E-state index in [0.717, 1.165) is 18.9 Å². The molecule has 0 N–H and O–H groups in total. The molecule has 98 valence electrons. The van der Waals surface area contributed by atoms with Crippen molar-refractivity contribution >= 4 is 23.7 Å². The summed E-state index contributed by atoms with van der Waals surface area (Å²) in [7, 11) is 1.71. The van der Waals surface area contributed by atoms with E-state index >= 15 is 0 Å². The van der Waals surface area contributed by atoms with Crippen molar-refractivity contribution in [1.29, 1.82) is 0 Å². The minimum atomic E-state index is -0.974. The Balaban J connectivity index is 1.95. The van der Waals surface area contributed by atoms with Gasteiger partial charge in [0.15, 0.2) is 6.29 Å². The van der Waals surface area contributed by atoms with Gasteiger partial charge >= 0.3 is 0 Å². The minimum Gasteiger partial charge on any atom is -0.466 e. The van der Waals surface area contributed by atoms with Gasteiger partial charge in [0.05, 0.1) is 11.8 Å². The molecule has 6 heteroatoms. The van der Waals surface area contributed by atoms with E-state index in [-0.39, 0.29) is 5.60 Å². The normalized spacial score (nSPS) is 18.9. The number of hydrogen-bond acceptors (Lipinski definition) is 5. The summed E-state index contributed by atoms with van der Waals surface area (Å²) in [6.45, 7) is 3.68. The monoisotopic (exact) mass is 270 g/mol. The minimum absolute atomic E-state index is 0.0877. The van der Waals surface area contributed by atoms with Gasteiger partial charge in [-0.25, -0.2) is 4.98 Å². The number of carbonyl (C=O) groups excluding carboxylic acids is 1. The summed E-state index contributed by atoms with van der Waals surface area (Å²) in [5.74, 6) is 1.33.